The number of ketones is 1. The maximum absolute atomic E-state index is 11.0. The van der Waals surface area contributed by atoms with Crippen molar-refractivity contribution in [2.24, 2.45) is 4.99 Å². The van der Waals surface area contributed by atoms with Gasteiger partial charge in [-0.25, -0.2) is 0 Å². The maximum atomic E-state index is 11.0. The van der Waals surface area contributed by atoms with Crippen LogP contribution < -0.4 is 5.32 Å². The van der Waals surface area contributed by atoms with Crippen LogP contribution in [0.15, 0.2) is 40.8 Å². The third kappa shape index (κ3) is 1.21. The van der Waals surface area contributed by atoms with E-state index in [-0.39, 0.29) is 5.78 Å². The van der Waals surface area contributed by atoms with Crippen molar-refractivity contribution >= 4 is 12.0 Å². The summed E-state index contributed by atoms with van der Waals surface area (Å²) in [5, 5.41) is 3.04. The third-order valence-corrected chi connectivity index (χ3v) is 1.75. The molecule has 0 aromatic heterocycles. The van der Waals surface area contributed by atoms with E-state index in [4.69, 9.17) is 0 Å². The molecule has 0 aromatic carbocycles. The highest BCUT2D eigenvalue weighted by molar-refractivity contribution is 6.01. The van der Waals surface area contributed by atoms with Gasteiger partial charge in [0, 0.05) is 36.3 Å². The molecule has 60 valence electrons. The molecule has 0 atom stereocenters. The monoisotopic (exact) mass is 160 g/mol. The number of hydrogen-bond acceptors (Lipinski definition) is 3. The van der Waals surface area contributed by atoms with Gasteiger partial charge in [-0.3, -0.25) is 9.79 Å². The van der Waals surface area contributed by atoms with Crippen molar-refractivity contribution in [3.63, 3.8) is 0 Å². The van der Waals surface area contributed by atoms with E-state index in [2.05, 4.69) is 10.3 Å². The van der Waals surface area contributed by atoms with E-state index in [0.29, 0.717) is 6.42 Å². The molecule has 0 radical (unpaired) electrons. The van der Waals surface area contributed by atoms with Crippen LogP contribution in [0.4, 0.5) is 0 Å². The van der Waals surface area contributed by atoms with Crippen molar-refractivity contribution in [1.29, 1.82) is 0 Å². The molecular formula is C9H8N2O. The average Bonchev–Trinajstić information content (AvgIpc) is 2.28. The molecule has 0 spiro atoms. The SMILES string of the molecule is O=C1C=C2C=NC=CNC2=CC1. The van der Waals surface area contributed by atoms with Crippen LogP contribution in [-0.4, -0.2) is 12.0 Å². The molecule has 2 aliphatic rings. The topological polar surface area (TPSA) is 41.5 Å². The second-order valence-corrected chi connectivity index (χ2v) is 2.63. The highest BCUT2D eigenvalue weighted by atomic mass is 16.1. The highest BCUT2D eigenvalue weighted by Crippen LogP contribution is 2.13. The quantitative estimate of drug-likeness (QED) is 0.572. The van der Waals surface area contributed by atoms with Crippen molar-refractivity contribution in [2.45, 2.75) is 6.42 Å². The minimum atomic E-state index is 0.129. The molecule has 0 saturated carbocycles. The Morgan fingerprint density at radius 2 is 2.42 bits per heavy atom. The first-order chi connectivity index (χ1) is 5.86. The number of rotatable bonds is 0. The number of aliphatic imine (C=N–C) groups is 1. The first-order valence-corrected chi connectivity index (χ1v) is 3.76. The summed E-state index contributed by atoms with van der Waals surface area (Å²) < 4.78 is 0. The summed E-state index contributed by atoms with van der Waals surface area (Å²) in [6, 6.07) is 0. The third-order valence-electron chi connectivity index (χ3n) is 1.75. The number of fused-ring (bicyclic) bond motifs is 1. The van der Waals surface area contributed by atoms with Crippen LogP contribution in [0.1, 0.15) is 6.42 Å². The molecular weight excluding hydrogens is 152 g/mol. The van der Waals surface area contributed by atoms with Gasteiger partial charge in [0.2, 0.25) is 0 Å². The zero-order valence-corrected chi connectivity index (χ0v) is 6.45. The molecule has 0 saturated heterocycles. The van der Waals surface area contributed by atoms with Crippen LogP contribution in [-0.2, 0) is 4.79 Å². The summed E-state index contributed by atoms with van der Waals surface area (Å²) in [5.74, 6) is 0.129. The molecule has 0 bridgehead atoms. The molecule has 2 rings (SSSR count). The molecule has 1 heterocycles. The minimum Gasteiger partial charge on any atom is -0.360 e. The number of hydrogen-bond donors (Lipinski definition) is 1. The molecule has 0 aromatic rings. The van der Waals surface area contributed by atoms with E-state index in [1.54, 1.807) is 24.7 Å². The molecule has 12 heavy (non-hydrogen) atoms. The fourth-order valence-electron chi connectivity index (χ4n) is 1.17. The van der Waals surface area contributed by atoms with Gasteiger partial charge in [-0.05, 0) is 6.08 Å². The Balaban J connectivity index is 2.38. The summed E-state index contributed by atoms with van der Waals surface area (Å²) in [7, 11) is 0. The molecule has 0 unspecified atom stereocenters. The molecule has 0 amide bonds. The Kier molecular flexibility index (Phi) is 1.63. The second kappa shape index (κ2) is 2.77. The van der Waals surface area contributed by atoms with Crippen molar-refractivity contribution in [3.05, 3.63) is 35.8 Å². The van der Waals surface area contributed by atoms with E-state index in [9.17, 15) is 4.79 Å². The van der Waals surface area contributed by atoms with Crippen molar-refractivity contribution < 1.29 is 4.79 Å². The van der Waals surface area contributed by atoms with Gasteiger partial charge < -0.3 is 5.32 Å². The van der Waals surface area contributed by atoms with E-state index < -0.39 is 0 Å². The zero-order valence-electron chi connectivity index (χ0n) is 6.45. The van der Waals surface area contributed by atoms with Crippen LogP contribution in [0.3, 0.4) is 0 Å². The van der Waals surface area contributed by atoms with Gasteiger partial charge in [0.25, 0.3) is 0 Å². The lowest BCUT2D eigenvalue weighted by molar-refractivity contribution is -0.113. The molecule has 0 fully saturated rings. The lowest BCUT2D eigenvalue weighted by Gasteiger charge is -2.09. The fourth-order valence-corrected chi connectivity index (χ4v) is 1.17. The van der Waals surface area contributed by atoms with Gasteiger partial charge in [0.1, 0.15) is 0 Å². The summed E-state index contributed by atoms with van der Waals surface area (Å²) in [5.41, 5.74) is 1.82. The number of nitrogens with zero attached hydrogens (tertiary/aromatic N) is 1. The van der Waals surface area contributed by atoms with E-state index in [0.717, 1.165) is 11.3 Å². The highest BCUT2D eigenvalue weighted by Gasteiger charge is 2.11. The Labute approximate surface area is 70.2 Å². The Hall–Kier alpha value is -1.64. The van der Waals surface area contributed by atoms with E-state index in [1.165, 1.54) is 0 Å². The summed E-state index contributed by atoms with van der Waals surface area (Å²) >= 11 is 0. The van der Waals surface area contributed by atoms with Gasteiger partial charge in [0.15, 0.2) is 5.78 Å². The number of nitrogens with one attached hydrogen (secondary N) is 1. The van der Waals surface area contributed by atoms with Crippen LogP contribution >= 0.6 is 0 Å². The van der Waals surface area contributed by atoms with Gasteiger partial charge in [0.05, 0.1) is 0 Å². The lowest BCUT2D eigenvalue weighted by Crippen LogP contribution is -2.12. The fraction of sp³-hybridized carbons (Fsp3) is 0.111. The summed E-state index contributed by atoms with van der Waals surface area (Å²) in [6.45, 7) is 0. The van der Waals surface area contributed by atoms with Gasteiger partial charge in [-0.15, -0.1) is 0 Å². The molecule has 3 nitrogen and oxygen atoms in total. The first kappa shape index (κ1) is 7.03. The molecule has 3 heteroatoms. The number of carbonyl (C=O) groups excluding carboxylic acids is 1. The maximum Gasteiger partial charge on any atom is 0.160 e. The van der Waals surface area contributed by atoms with Crippen LogP contribution in [0.2, 0.25) is 0 Å². The average molecular weight is 160 g/mol. The van der Waals surface area contributed by atoms with Crippen LogP contribution in [0.5, 0.6) is 0 Å². The van der Waals surface area contributed by atoms with Crippen molar-refractivity contribution in [2.75, 3.05) is 0 Å². The minimum absolute atomic E-state index is 0.129. The van der Waals surface area contributed by atoms with Gasteiger partial charge in [-0.2, -0.15) is 0 Å². The summed E-state index contributed by atoms with van der Waals surface area (Å²) in [6.07, 6.45) is 9.05. The van der Waals surface area contributed by atoms with Crippen molar-refractivity contribution in [1.82, 2.24) is 5.32 Å². The first-order valence-electron chi connectivity index (χ1n) is 3.76. The van der Waals surface area contributed by atoms with E-state index in [1.807, 2.05) is 6.08 Å². The smallest absolute Gasteiger partial charge is 0.160 e. The van der Waals surface area contributed by atoms with Gasteiger partial charge >= 0.3 is 0 Å². The molecule has 1 N–H and O–H groups in total. The normalized spacial score (nSPS) is 20.5. The largest absolute Gasteiger partial charge is 0.360 e. The predicted molar refractivity (Wildman–Crippen MR) is 46.6 cm³/mol. The standard InChI is InChI=1S/C9H8N2O/c12-8-1-2-9-7(5-8)6-10-3-4-11-9/h2-6,11H,1H2. The Morgan fingerprint density at radius 3 is 3.33 bits per heavy atom. The second-order valence-electron chi connectivity index (χ2n) is 2.63. The number of carbonyl (C=O) groups is 1. The van der Waals surface area contributed by atoms with Crippen molar-refractivity contribution in [3.8, 4) is 0 Å². The number of allylic oxidation sites excluding steroid dienone is 3. The zero-order chi connectivity index (χ0) is 8.39. The van der Waals surface area contributed by atoms with E-state index >= 15 is 0 Å². The van der Waals surface area contributed by atoms with Crippen LogP contribution in [0.25, 0.3) is 0 Å². The predicted octanol–water partition coefficient (Wildman–Crippen LogP) is 0.915. The van der Waals surface area contributed by atoms with Gasteiger partial charge in [-0.1, -0.05) is 6.08 Å². The molecule has 1 aliphatic carbocycles. The summed E-state index contributed by atoms with van der Waals surface area (Å²) in [4.78, 5) is 15.0. The Bertz CT molecular complexity index is 334. The lowest BCUT2D eigenvalue weighted by atomic mass is 10.0. The van der Waals surface area contributed by atoms with Crippen LogP contribution in [0, 0.1) is 0 Å². The Morgan fingerprint density at radius 1 is 1.50 bits per heavy atom. The molecule has 1 aliphatic heterocycles.